The molecule has 0 unspecified atom stereocenters. The predicted octanol–water partition coefficient (Wildman–Crippen LogP) is 5.38. The van der Waals surface area contributed by atoms with E-state index in [2.05, 4.69) is 29.1 Å². The number of halogens is 1. The first-order valence-electron chi connectivity index (χ1n) is 11.0. The lowest BCUT2D eigenvalue weighted by molar-refractivity contribution is -0.0627. The van der Waals surface area contributed by atoms with Crippen molar-refractivity contribution >= 4 is 23.3 Å². The topological polar surface area (TPSA) is 62.1 Å². The second-order valence-corrected chi connectivity index (χ2v) is 9.62. The Morgan fingerprint density at radius 2 is 1.94 bits per heavy atom. The van der Waals surface area contributed by atoms with Crippen LogP contribution in [0.3, 0.4) is 0 Å². The maximum Gasteiger partial charge on any atom is 0.335 e. The summed E-state index contributed by atoms with van der Waals surface area (Å²) in [5, 5.41) is 14.3. The van der Waals surface area contributed by atoms with E-state index in [1.807, 2.05) is 12.1 Å². The smallest absolute Gasteiger partial charge is 0.335 e. The van der Waals surface area contributed by atoms with E-state index in [0.717, 1.165) is 55.2 Å². The van der Waals surface area contributed by atoms with Crippen LogP contribution in [0.15, 0.2) is 41.6 Å². The number of carbonyl (C=O) groups is 1. The minimum Gasteiger partial charge on any atom is -0.478 e. The van der Waals surface area contributed by atoms with Gasteiger partial charge in [0.2, 0.25) is 0 Å². The Balaban J connectivity index is 1.20. The fourth-order valence-corrected chi connectivity index (χ4v) is 5.04. The number of carboxylic acids is 1. The first kappa shape index (κ1) is 20.5. The number of nitrogens with zero attached hydrogens (tertiary/aromatic N) is 2. The van der Waals surface area contributed by atoms with E-state index in [9.17, 15) is 4.79 Å². The van der Waals surface area contributed by atoms with Crippen LogP contribution in [-0.2, 0) is 11.4 Å². The largest absolute Gasteiger partial charge is 0.478 e. The van der Waals surface area contributed by atoms with Crippen molar-refractivity contribution in [2.45, 2.75) is 57.1 Å². The van der Waals surface area contributed by atoms with E-state index in [0.29, 0.717) is 5.92 Å². The highest BCUT2D eigenvalue weighted by atomic mass is 35.5. The normalized spacial score (nSPS) is 20.5. The van der Waals surface area contributed by atoms with Gasteiger partial charge in [-0.15, -0.1) is 0 Å². The van der Waals surface area contributed by atoms with Crippen LogP contribution in [0, 0.1) is 6.92 Å². The molecular formula is C25H27ClN2O3. The Morgan fingerprint density at radius 1 is 1.23 bits per heavy atom. The molecule has 0 bridgehead atoms. The Labute approximate surface area is 187 Å². The fraction of sp³-hybridized carbons (Fsp3) is 0.440. The summed E-state index contributed by atoms with van der Waals surface area (Å²) in [4.78, 5) is 19.5. The summed E-state index contributed by atoms with van der Waals surface area (Å²) in [6.07, 6.45) is 5.21. The van der Waals surface area contributed by atoms with E-state index < -0.39 is 5.97 Å². The number of oxime groups is 1. The van der Waals surface area contributed by atoms with Gasteiger partial charge in [0.25, 0.3) is 0 Å². The first-order chi connectivity index (χ1) is 14.9. The highest BCUT2D eigenvalue weighted by molar-refractivity contribution is 6.31. The standard InChI is InChI=1S/C25H27ClN2O3/c1-16-21(18-2-3-18)12-17(13-22(16)26)15-28-10-8-25(9-11-28)14-23(27-31-25)19-4-6-20(7-5-19)24(29)30/h4-7,12-13,18H,2-3,8-11,14-15H2,1H3,(H,29,30). The summed E-state index contributed by atoms with van der Waals surface area (Å²) in [6, 6.07) is 11.4. The van der Waals surface area contributed by atoms with Gasteiger partial charge in [-0.25, -0.2) is 4.79 Å². The number of carboxylic acid groups (broad SMARTS) is 1. The predicted molar refractivity (Wildman–Crippen MR) is 121 cm³/mol. The van der Waals surface area contributed by atoms with Gasteiger partial charge < -0.3 is 9.94 Å². The third-order valence-corrected chi connectivity index (χ3v) is 7.33. The van der Waals surface area contributed by atoms with Gasteiger partial charge in [0, 0.05) is 43.9 Å². The van der Waals surface area contributed by atoms with E-state index in [-0.39, 0.29) is 11.2 Å². The van der Waals surface area contributed by atoms with Gasteiger partial charge in [-0.05, 0) is 66.1 Å². The Morgan fingerprint density at radius 3 is 2.58 bits per heavy atom. The van der Waals surface area contributed by atoms with Crippen molar-refractivity contribution in [3.8, 4) is 0 Å². The lowest BCUT2D eigenvalue weighted by Crippen LogP contribution is -2.44. The molecule has 5 nitrogen and oxygen atoms in total. The van der Waals surface area contributed by atoms with E-state index in [4.69, 9.17) is 21.5 Å². The lowest BCUT2D eigenvalue weighted by atomic mass is 9.85. The van der Waals surface area contributed by atoms with Gasteiger partial charge in [-0.3, -0.25) is 4.90 Å². The van der Waals surface area contributed by atoms with Crippen molar-refractivity contribution in [2.75, 3.05) is 13.1 Å². The molecule has 31 heavy (non-hydrogen) atoms. The second kappa shape index (κ2) is 7.95. The molecule has 2 aliphatic heterocycles. The number of hydrogen-bond acceptors (Lipinski definition) is 4. The molecule has 1 saturated heterocycles. The molecule has 1 saturated carbocycles. The molecule has 0 radical (unpaired) electrons. The van der Waals surface area contributed by atoms with Crippen LogP contribution in [0.2, 0.25) is 5.02 Å². The SMILES string of the molecule is Cc1c(Cl)cc(CN2CCC3(CC2)CC(c2ccc(C(=O)O)cc2)=NO3)cc1C1CC1. The van der Waals surface area contributed by atoms with Crippen molar-refractivity contribution in [1.29, 1.82) is 0 Å². The van der Waals surface area contributed by atoms with Crippen LogP contribution >= 0.6 is 11.6 Å². The average molecular weight is 439 g/mol. The van der Waals surface area contributed by atoms with Crippen LogP contribution in [0.1, 0.15) is 70.6 Å². The zero-order valence-electron chi connectivity index (χ0n) is 17.7. The Hall–Kier alpha value is -2.37. The third kappa shape index (κ3) is 4.21. The zero-order chi connectivity index (χ0) is 21.6. The minimum atomic E-state index is -0.917. The number of benzene rings is 2. The summed E-state index contributed by atoms with van der Waals surface area (Å²) in [6.45, 7) is 4.98. The molecule has 2 aromatic carbocycles. The summed E-state index contributed by atoms with van der Waals surface area (Å²) >= 11 is 6.52. The van der Waals surface area contributed by atoms with Crippen LogP contribution < -0.4 is 0 Å². The zero-order valence-corrected chi connectivity index (χ0v) is 18.5. The summed E-state index contributed by atoms with van der Waals surface area (Å²) < 4.78 is 0. The van der Waals surface area contributed by atoms with E-state index in [1.54, 1.807) is 12.1 Å². The van der Waals surface area contributed by atoms with Crippen molar-refractivity contribution < 1.29 is 14.7 Å². The molecule has 2 aromatic rings. The van der Waals surface area contributed by atoms with Crippen LogP contribution in [0.5, 0.6) is 0 Å². The molecule has 0 amide bonds. The number of piperidine rings is 1. The number of rotatable bonds is 5. The third-order valence-electron chi connectivity index (χ3n) is 6.94. The molecule has 1 N–H and O–H groups in total. The van der Waals surface area contributed by atoms with Gasteiger partial charge in [-0.2, -0.15) is 0 Å². The van der Waals surface area contributed by atoms with Gasteiger partial charge in [0.05, 0.1) is 11.3 Å². The molecular weight excluding hydrogens is 412 g/mol. The molecule has 2 fully saturated rings. The van der Waals surface area contributed by atoms with Crippen molar-refractivity contribution in [3.05, 3.63) is 69.2 Å². The molecule has 2 heterocycles. The fourth-order valence-electron chi connectivity index (χ4n) is 4.79. The molecule has 1 aliphatic carbocycles. The Kier molecular flexibility index (Phi) is 5.27. The van der Waals surface area contributed by atoms with E-state index >= 15 is 0 Å². The number of aromatic carboxylic acids is 1. The second-order valence-electron chi connectivity index (χ2n) is 9.21. The number of likely N-dealkylation sites (tertiary alicyclic amines) is 1. The minimum absolute atomic E-state index is 0.235. The first-order valence-corrected chi connectivity index (χ1v) is 11.4. The summed E-state index contributed by atoms with van der Waals surface area (Å²) in [5.41, 5.74) is 5.87. The van der Waals surface area contributed by atoms with Gasteiger partial charge in [-0.1, -0.05) is 35.0 Å². The maximum atomic E-state index is 11.1. The van der Waals surface area contributed by atoms with E-state index in [1.165, 1.54) is 29.5 Å². The van der Waals surface area contributed by atoms with Crippen LogP contribution in [0.25, 0.3) is 0 Å². The maximum absolute atomic E-state index is 11.1. The highest BCUT2D eigenvalue weighted by Crippen LogP contribution is 2.43. The van der Waals surface area contributed by atoms with Gasteiger partial charge in [0.1, 0.15) is 5.60 Å². The molecule has 0 atom stereocenters. The van der Waals surface area contributed by atoms with Crippen LogP contribution in [-0.4, -0.2) is 40.4 Å². The van der Waals surface area contributed by atoms with Gasteiger partial charge >= 0.3 is 5.97 Å². The molecule has 0 aromatic heterocycles. The molecule has 6 heteroatoms. The molecule has 162 valence electrons. The van der Waals surface area contributed by atoms with Gasteiger partial charge in [0.15, 0.2) is 0 Å². The lowest BCUT2D eigenvalue weighted by Gasteiger charge is -2.37. The molecule has 1 spiro atoms. The van der Waals surface area contributed by atoms with Crippen molar-refractivity contribution in [3.63, 3.8) is 0 Å². The summed E-state index contributed by atoms with van der Waals surface area (Å²) in [7, 11) is 0. The number of hydrogen-bond donors (Lipinski definition) is 1. The van der Waals surface area contributed by atoms with Crippen molar-refractivity contribution in [1.82, 2.24) is 4.90 Å². The summed E-state index contributed by atoms with van der Waals surface area (Å²) in [5.74, 6) is -0.215. The Bertz CT molecular complexity index is 1040. The average Bonchev–Trinajstić information content (AvgIpc) is 3.53. The molecule has 3 aliphatic rings. The monoisotopic (exact) mass is 438 g/mol. The molecule has 5 rings (SSSR count). The van der Waals surface area contributed by atoms with Crippen molar-refractivity contribution in [2.24, 2.45) is 5.16 Å². The van der Waals surface area contributed by atoms with Crippen LogP contribution in [0.4, 0.5) is 0 Å². The quantitative estimate of drug-likeness (QED) is 0.680. The highest BCUT2D eigenvalue weighted by Gasteiger charge is 2.42.